The second kappa shape index (κ2) is 5.43. The molecular weight excluding hydrogens is 251 g/mol. The average Bonchev–Trinajstić information content (AvgIpc) is 2.36. The van der Waals surface area contributed by atoms with Gasteiger partial charge in [-0.25, -0.2) is 9.18 Å². The lowest BCUT2D eigenvalue weighted by atomic mass is 10.1. The van der Waals surface area contributed by atoms with Gasteiger partial charge in [-0.2, -0.15) is 0 Å². The molecule has 98 valence electrons. The predicted molar refractivity (Wildman–Crippen MR) is 66.4 cm³/mol. The molecule has 0 atom stereocenters. The van der Waals surface area contributed by atoms with Crippen molar-refractivity contribution < 1.29 is 9.18 Å². The molecule has 1 aromatic carbocycles. The first-order chi connectivity index (χ1) is 9.06. The second-order valence-electron chi connectivity index (χ2n) is 4.04. The summed E-state index contributed by atoms with van der Waals surface area (Å²) in [6.45, 7) is -0.204. The first-order valence-corrected chi connectivity index (χ1v) is 5.61. The maximum absolute atomic E-state index is 13.4. The quantitative estimate of drug-likeness (QED) is 0.871. The van der Waals surface area contributed by atoms with Crippen molar-refractivity contribution >= 4 is 5.78 Å². The summed E-state index contributed by atoms with van der Waals surface area (Å²) in [6.07, 6.45) is 1.14. The number of nitrogens with zero attached hydrogens (tertiary/aromatic N) is 1. The van der Waals surface area contributed by atoms with Crippen LogP contribution < -0.4 is 11.2 Å². The Bertz CT molecular complexity index is 718. The van der Waals surface area contributed by atoms with Crippen molar-refractivity contribution in [2.24, 2.45) is 0 Å². The molecule has 1 heterocycles. The molecule has 0 unspecified atom stereocenters. The molecule has 0 aliphatic rings. The van der Waals surface area contributed by atoms with Crippen molar-refractivity contribution in [2.75, 3.05) is 0 Å². The number of carbonyl (C=O) groups excluding carboxylic acids is 1. The Hall–Kier alpha value is -2.50. The van der Waals surface area contributed by atoms with Crippen LogP contribution in [0.4, 0.5) is 4.39 Å². The van der Waals surface area contributed by atoms with E-state index in [4.69, 9.17) is 0 Å². The summed E-state index contributed by atoms with van der Waals surface area (Å²) in [5.41, 5.74) is -0.901. The number of rotatable bonds is 4. The fourth-order valence-corrected chi connectivity index (χ4v) is 1.67. The molecule has 0 aliphatic heterocycles. The molecule has 2 rings (SSSR count). The number of carbonyl (C=O) groups is 1. The summed E-state index contributed by atoms with van der Waals surface area (Å²) in [5.74, 6) is -0.774. The highest BCUT2D eigenvalue weighted by Gasteiger charge is 2.09. The van der Waals surface area contributed by atoms with Crippen LogP contribution >= 0.6 is 0 Å². The van der Waals surface area contributed by atoms with Crippen molar-refractivity contribution in [2.45, 2.75) is 13.0 Å². The van der Waals surface area contributed by atoms with E-state index in [0.717, 1.165) is 10.6 Å². The van der Waals surface area contributed by atoms with Crippen LogP contribution in [0.2, 0.25) is 0 Å². The molecule has 0 spiro atoms. The maximum atomic E-state index is 13.4. The number of hydrogen-bond acceptors (Lipinski definition) is 3. The predicted octanol–water partition coefficient (Wildman–Crippen LogP) is 0.487. The normalized spacial score (nSPS) is 10.4. The topological polar surface area (TPSA) is 71.9 Å². The van der Waals surface area contributed by atoms with Gasteiger partial charge in [0.25, 0.3) is 5.56 Å². The lowest BCUT2D eigenvalue weighted by Crippen LogP contribution is -2.31. The lowest BCUT2D eigenvalue weighted by molar-refractivity contribution is -0.119. The van der Waals surface area contributed by atoms with Crippen LogP contribution in [-0.2, 0) is 17.8 Å². The summed E-state index contributed by atoms with van der Waals surface area (Å²) in [4.78, 5) is 36.0. The highest BCUT2D eigenvalue weighted by Crippen LogP contribution is 2.07. The van der Waals surface area contributed by atoms with Crippen LogP contribution in [0.25, 0.3) is 0 Å². The summed E-state index contributed by atoms with van der Waals surface area (Å²) in [5, 5.41) is 0. The number of halogens is 1. The number of hydrogen-bond donors (Lipinski definition) is 1. The van der Waals surface area contributed by atoms with E-state index < -0.39 is 17.1 Å². The summed E-state index contributed by atoms with van der Waals surface area (Å²) in [7, 11) is 0. The Morgan fingerprint density at radius 2 is 1.95 bits per heavy atom. The van der Waals surface area contributed by atoms with E-state index >= 15 is 0 Å². The van der Waals surface area contributed by atoms with Crippen molar-refractivity contribution in [1.82, 2.24) is 9.55 Å². The van der Waals surface area contributed by atoms with Gasteiger partial charge in [-0.15, -0.1) is 0 Å². The van der Waals surface area contributed by atoms with Gasteiger partial charge in [0.05, 0.1) is 6.54 Å². The van der Waals surface area contributed by atoms with Gasteiger partial charge in [0.15, 0.2) is 5.78 Å². The summed E-state index contributed by atoms with van der Waals surface area (Å²) in [6, 6.07) is 7.11. The monoisotopic (exact) mass is 262 g/mol. The van der Waals surface area contributed by atoms with Gasteiger partial charge >= 0.3 is 5.69 Å². The molecule has 0 saturated carbocycles. The first-order valence-electron chi connectivity index (χ1n) is 5.61. The lowest BCUT2D eigenvalue weighted by Gasteiger charge is -2.04. The Labute approximate surface area is 107 Å². The Kier molecular flexibility index (Phi) is 3.70. The van der Waals surface area contributed by atoms with Crippen molar-refractivity contribution in [3.8, 4) is 0 Å². The Morgan fingerprint density at radius 3 is 2.63 bits per heavy atom. The molecule has 1 aromatic heterocycles. The van der Waals surface area contributed by atoms with Crippen LogP contribution in [0.15, 0.2) is 46.1 Å². The fraction of sp³-hybridized carbons (Fsp3) is 0.154. The van der Waals surface area contributed by atoms with Crippen LogP contribution in [-0.4, -0.2) is 15.3 Å². The SMILES string of the molecule is O=C(Cc1ccccc1F)Cn1ccc(=O)[nH]c1=O. The van der Waals surface area contributed by atoms with E-state index in [2.05, 4.69) is 0 Å². The van der Waals surface area contributed by atoms with Gasteiger partial charge in [0.1, 0.15) is 5.82 Å². The van der Waals surface area contributed by atoms with Crippen LogP contribution in [0.1, 0.15) is 5.56 Å². The van der Waals surface area contributed by atoms with Crippen LogP contribution in [0, 0.1) is 5.82 Å². The third kappa shape index (κ3) is 3.25. The molecule has 0 amide bonds. The van der Waals surface area contributed by atoms with E-state index in [-0.39, 0.29) is 24.3 Å². The van der Waals surface area contributed by atoms with Gasteiger partial charge in [-0.3, -0.25) is 19.1 Å². The molecule has 0 bridgehead atoms. The molecule has 6 heteroatoms. The number of aromatic amines is 1. The van der Waals surface area contributed by atoms with E-state index in [1.165, 1.54) is 24.4 Å². The molecule has 5 nitrogen and oxygen atoms in total. The highest BCUT2D eigenvalue weighted by atomic mass is 19.1. The number of aromatic nitrogens is 2. The van der Waals surface area contributed by atoms with Gasteiger partial charge in [0.2, 0.25) is 0 Å². The zero-order valence-electron chi connectivity index (χ0n) is 9.93. The third-order valence-corrected chi connectivity index (χ3v) is 2.59. The smallest absolute Gasteiger partial charge is 0.297 e. The molecule has 0 aliphatic carbocycles. The molecule has 0 fully saturated rings. The zero-order valence-corrected chi connectivity index (χ0v) is 9.93. The maximum Gasteiger partial charge on any atom is 0.328 e. The fourth-order valence-electron chi connectivity index (χ4n) is 1.67. The minimum absolute atomic E-state index is 0.0990. The molecular formula is C13H11FN2O3. The molecule has 0 radical (unpaired) electrons. The molecule has 1 N–H and O–H groups in total. The number of benzene rings is 1. The Morgan fingerprint density at radius 1 is 1.21 bits per heavy atom. The van der Waals surface area contributed by atoms with Crippen molar-refractivity contribution in [1.29, 1.82) is 0 Å². The van der Waals surface area contributed by atoms with Crippen LogP contribution in [0.3, 0.4) is 0 Å². The van der Waals surface area contributed by atoms with Crippen LogP contribution in [0.5, 0.6) is 0 Å². The van der Waals surface area contributed by atoms with Gasteiger partial charge in [-0.05, 0) is 11.6 Å². The minimum Gasteiger partial charge on any atom is -0.297 e. The van der Waals surface area contributed by atoms with E-state index in [9.17, 15) is 18.8 Å². The largest absolute Gasteiger partial charge is 0.328 e. The number of Topliss-reactive ketones (excluding diaryl/α,β-unsaturated/α-hetero) is 1. The van der Waals surface area contributed by atoms with Gasteiger partial charge in [-0.1, -0.05) is 18.2 Å². The van der Waals surface area contributed by atoms with Gasteiger partial charge < -0.3 is 0 Å². The van der Waals surface area contributed by atoms with Gasteiger partial charge in [0, 0.05) is 18.7 Å². The summed E-state index contributed by atoms with van der Waals surface area (Å²) >= 11 is 0. The number of nitrogens with one attached hydrogen (secondary N) is 1. The van der Waals surface area contributed by atoms with Crippen molar-refractivity contribution in [3.63, 3.8) is 0 Å². The third-order valence-electron chi connectivity index (χ3n) is 2.59. The second-order valence-corrected chi connectivity index (χ2v) is 4.04. The van der Waals surface area contributed by atoms with E-state index in [1.54, 1.807) is 6.07 Å². The zero-order chi connectivity index (χ0) is 13.8. The standard InChI is InChI=1S/C13H11FN2O3/c14-11-4-2-1-3-9(11)7-10(17)8-16-6-5-12(18)15-13(16)19/h1-6H,7-8H2,(H,15,18,19). The minimum atomic E-state index is -0.658. The Balaban J connectivity index is 2.12. The molecule has 19 heavy (non-hydrogen) atoms. The first kappa shape index (κ1) is 12.9. The van der Waals surface area contributed by atoms with Crippen molar-refractivity contribution in [3.05, 3.63) is 68.7 Å². The summed E-state index contributed by atoms with van der Waals surface area (Å²) < 4.78 is 14.4. The molecule has 2 aromatic rings. The highest BCUT2D eigenvalue weighted by molar-refractivity contribution is 5.80. The molecule has 0 saturated heterocycles. The van der Waals surface area contributed by atoms with E-state index in [0.29, 0.717) is 0 Å². The average molecular weight is 262 g/mol. The van der Waals surface area contributed by atoms with E-state index in [1.807, 2.05) is 4.98 Å². The number of H-pyrrole nitrogens is 1. The number of ketones is 1.